The van der Waals surface area contributed by atoms with Crippen LogP contribution in [0.2, 0.25) is 0 Å². The highest BCUT2D eigenvalue weighted by Gasteiger charge is 2.35. The second-order valence-corrected chi connectivity index (χ2v) is 12.0. The molecule has 0 unspecified atom stereocenters. The van der Waals surface area contributed by atoms with Gasteiger partial charge in [0.1, 0.15) is 0 Å². The maximum Gasteiger partial charge on any atom is 0.417 e. The predicted molar refractivity (Wildman–Crippen MR) is 192 cm³/mol. The van der Waals surface area contributed by atoms with Crippen molar-refractivity contribution < 1.29 is 13.2 Å². The Morgan fingerprint density at radius 3 is 1.37 bits per heavy atom. The lowest BCUT2D eigenvalue weighted by molar-refractivity contribution is -0.137. The van der Waals surface area contributed by atoms with E-state index in [-0.39, 0.29) is 28.1 Å². The molecule has 0 radical (unpaired) electrons. The summed E-state index contributed by atoms with van der Waals surface area (Å²) >= 11 is 0. The summed E-state index contributed by atoms with van der Waals surface area (Å²) in [6.07, 6.45) is -4.76. The van der Waals surface area contributed by atoms with Crippen molar-refractivity contribution in [3.05, 3.63) is 154 Å². The number of nitriles is 3. The molecule has 2 heterocycles. The lowest BCUT2D eigenvalue weighted by atomic mass is 9.94. The number of fused-ring (bicyclic) bond motifs is 6. The first-order valence-electron chi connectivity index (χ1n) is 15.7. The number of aromatic nitrogens is 2. The molecule has 52 heavy (non-hydrogen) atoms. The Bertz CT molecular complexity index is 2760. The van der Waals surface area contributed by atoms with Crippen molar-refractivity contribution in [2.45, 2.75) is 6.18 Å². The van der Waals surface area contributed by atoms with E-state index < -0.39 is 11.7 Å². The average Bonchev–Trinajstić information content (AvgIpc) is 3.67. The Balaban J connectivity index is 1.63. The summed E-state index contributed by atoms with van der Waals surface area (Å²) in [7, 11) is 0. The third-order valence-corrected chi connectivity index (χ3v) is 9.22. The summed E-state index contributed by atoms with van der Waals surface area (Å²) in [5.41, 5.74) is 3.36. The Labute approximate surface area is 293 Å². The van der Waals surface area contributed by atoms with Crippen LogP contribution in [0.25, 0.3) is 75.8 Å². The number of nitrogens with zero attached hydrogens (tertiary/aromatic N) is 7. The van der Waals surface area contributed by atoms with Gasteiger partial charge in [0, 0.05) is 16.3 Å². The van der Waals surface area contributed by atoms with Crippen LogP contribution in [0.3, 0.4) is 0 Å². The predicted octanol–water partition coefficient (Wildman–Crippen LogP) is 11.3. The summed E-state index contributed by atoms with van der Waals surface area (Å²) in [6.45, 7) is 15.3. The lowest BCUT2D eigenvalue weighted by Crippen LogP contribution is -2.10. The number of rotatable bonds is 3. The molecule has 0 aliphatic rings. The smallest absolute Gasteiger partial charge is 0.309 e. The minimum Gasteiger partial charge on any atom is -0.309 e. The molecule has 8 aromatic rings. The van der Waals surface area contributed by atoms with Crippen molar-refractivity contribution in [2.24, 2.45) is 0 Å². The number of hydrogen-bond donors (Lipinski definition) is 0. The fourth-order valence-electron chi connectivity index (χ4n) is 7.07. The summed E-state index contributed by atoms with van der Waals surface area (Å²) in [4.78, 5) is 7.16. The normalized spacial score (nSPS) is 11.3. The molecule has 2 aromatic heterocycles. The standard InChI is InChI=1S/C42H18F3N7/c1-49-27-9-13-37-32(19-27)33-20-28(50-2)10-14-38(33)52(37)40-18-26(23-48)17-39(41(40)29-5-3-4-6-34(29)42(43,44)45)51-35-11-7-24(21-46)15-30(35)31-16-25(22-47)8-12-36(31)51/h3-20H. The van der Waals surface area contributed by atoms with Gasteiger partial charge in [-0.15, -0.1) is 0 Å². The van der Waals surface area contributed by atoms with E-state index in [0.29, 0.717) is 66.1 Å². The van der Waals surface area contributed by atoms with Gasteiger partial charge in [-0.25, -0.2) is 9.69 Å². The van der Waals surface area contributed by atoms with Gasteiger partial charge in [0.25, 0.3) is 0 Å². The highest BCUT2D eigenvalue weighted by atomic mass is 19.4. The van der Waals surface area contributed by atoms with E-state index in [2.05, 4.69) is 27.9 Å². The van der Waals surface area contributed by atoms with E-state index in [0.717, 1.165) is 6.07 Å². The van der Waals surface area contributed by atoms with Crippen LogP contribution in [0.15, 0.2) is 109 Å². The molecule has 0 fully saturated rings. The molecule has 0 spiro atoms. The molecule has 0 saturated heterocycles. The van der Waals surface area contributed by atoms with Crippen LogP contribution < -0.4 is 0 Å². The Morgan fingerprint density at radius 1 is 0.519 bits per heavy atom. The van der Waals surface area contributed by atoms with Crippen LogP contribution in [0.5, 0.6) is 0 Å². The van der Waals surface area contributed by atoms with E-state index in [4.69, 9.17) is 13.1 Å². The zero-order valence-corrected chi connectivity index (χ0v) is 26.7. The SMILES string of the molecule is [C-]#[N+]c1ccc2c(c1)c1cc([N+]#[C-])ccc1n2-c1cc(C#N)cc(-n2c3ccc(C#N)cc3c3cc(C#N)ccc32)c1-c1ccccc1C(F)(F)F. The molecule has 10 heteroatoms. The van der Waals surface area contributed by atoms with E-state index >= 15 is 0 Å². The molecule has 8 rings (SSSR count). The van der Waals surface area contributed by atoms with Crippen LogP contribution in [0, 0.1) is 47.1 Å². The highest BCUT2D eigenvalue weighted by Crippen LogP contribution is 2.47. The number of hydrogen-bond acceptors (Lipinski definition) is 3. The summed E-state index contributed by atoms with van der Waals surface area (Å²) in [5.74, 6) is 0. The van der Waals surface area contributed by atoms with Crippen molar-refractivity contribution in [1.29, 1.82) is 15.8 Å². The Morgan fingerprint density at radius 2 is 0.942 bits per heavy atom. The molecule has 0 atom stereocenters. The Hall–Kier alpha value is -7.84. The van der Waals surface area contributed by atoms with Gasteiger partial charge >= 0.3 is 6.18 Å². The van der Waals surface area contributed by atoms with Crippen molar-refractivity contribution in [1.82, 2.24) is 9.13 Å². The maximum absolute atomic E-state index is 15.0. The van der Waals surface area contributed by atoms with Gasteiger partial charge in [-0.05, 0) is 95.2 Å². The van der Waals surface area contributed by atoms with Crippen molar-refractivity contribution >= 4 is 55.0 Å². The first-order chi connectivity index (χ1) is 25.2. The number of halogens is 3. The molecule has 0 amide bonds. The highest BCUT2D eigenvalue weighted by molar-refractivity contribution is 6.13. The fourth-order valence-corrected chi connectivity index (χ4v) is 7.07. The van der Waals surface area contributed by atoms with Gasteiger partial charge in [0.2, 0.25) is 0 Å². The van der Waals surface area contributed by atoms with E-state index in [1.807, 2.05) is 0 Å². The third kappa shape index (κ3) is 4.71. The van der Waals surface area contributed by atoms with Crippen LogP contribution in [0.4, 0.5) is 24.5 Å². The lowest BCUT2D eigenvalue weighted by Gasteiger charge is -2.23. The molecule has 7 nitrogen and oxygen atoms in total. The molecule has 0 aliphatic heterocycles. The van der Waals surface area contributed by atoms with Crippen LogP contribution >= 0.6 is 0 Å². The first kappa shape index (κ1) is 31.4. The molecule has 0 N–H and O–H groups in total. The van der Waals surface area contributed by atoms with Gasteiger partial charge < -0.3 is 9.13 Å². The largest absolute Gasteiger partial charge is 0.417 e. The number of alkyl halides is 3. The summed E-state index contributed by atoms with van der Waals surface area (Å²) in [5, 5.41) is 32.4. The average molecular weight is 678 g/mol. The van der Waals surface area contributed by atoms with Gasteiger partial charge in [0.15, 0.2) is 11.4 Å². The Kier molecular flexibility index (Phi) is 7.04. The van der Waals surface area contributed by atoms with Crippen molar-refractivity contribution in [2.75, 3.05) is 0 Å². The zero-order valence-electron chi connectivity index (χ0n) is 26.7. The zero-order chi connectivity index (χ0) is 36.3. The second-order valence-electron chi connectivity index (χ2n) is 12.0. The monoisotopic (exact) mass is 677 g/mol. The van der Waals surface area contributed by atoms with Gasteiger partial charge in [0.05, 0.1) is 87.0 Å². The molecule has 6 aromatic carbocycles. The third-order valence-electron chi connectivity index (χ3n) is 9.22. The van der Waals surface area contributed by atoms with Crippen LogP contribution in [0.1, 0.15) is 22.3 Å². The number of benzene rings is 6. The van der Waals surface area contributed by atoms with Gasteiger partial charge in [-0.3, -0.25) is 0 Å². The van der Waals surface area contributed by atoms with E-state index in [1.165, 1.54) is 18.2 Å². The topological polar surface area (TPSA) is 89.9 Å². The molecular weight excluding hydrogens is 660 g/mol. The summed E-state index contributed by atoms with van der Waals surface area (Å²) in [6, 6.07) is 34.8. The fraction of sp³-hybridized carbons (Fsp3) is 0.0238. The molecule has 0 saturated carbocycles. The van der Waals surface area contributed by atoms with E-state index in [9.17, 15) is 29.0 Å². The van der Waals surface area contributed by atoms with Crippen molar-refractivity contribution in [3.63, 3.8) is 0 Å². The molecular formula is C42H18F3N7. The van der Waals surface area contributed by atoms with Crippen molar-refractivity contribution in [3.8, 4) is 40.7 Å². The maximum atomic E-state index is 15.0. The van der Waals surface area contributed by atoms with Gasteiger partial charge in [-0.1, -0.05) is 30.3 Å². The summed E-state index contributed by atoms with van der Waals surface area (Å²) < 4.78 is 48.5. The minimum absolute atomic E-state index is 0.146. The van der Waals surface area contributed by atoms with Crippen LogP contribution in [-0.2, 0) is 6.18 Å². The minimum atomic E-state index is -4.76. The quantitative estimate of drug-likeness (QED) is 0.174. The van der Waals surface area contributed by atoms with E-state index in [1.54, 1.807) is 94.1 Å². The van der Waals surface area contributed by atoms with Crippen LogP contribution in [-0.4, -0.2) is 9.13 Å². The second kappa shape index (κ2) is 11.6. The molecule has 242 valence electrons. The molecule has 0 bridgehead atoms. The molecule has 0 aliphatic carbocycles. The van der Waals surface area contributed by atoms with Gasteiger partial charge in [-0.2, -0.15) is 29.0 Å². The first-order valence-corrected chi connectivity index (χ1v) is 15.7.